The van der Waals surface area contributed by atoms with Gasteiger partial charge in [-0.05, 0) is 59.1 Å². The van der Waals surface area contributed by atoms with E-state index in [2.05, 4.69) is 65.0 Å². The number of hydrogen-bond donors (Lipinski definition) is 2. The average molecular weight is 629 g/mol. The van der Waals surface area contributed by atoms with Crippen molar-refractivity contribution in [1.82, 2.24) is 20.2 Å². The molecule has 0 unspecified atom stereocenters. The molecule has 1 aliphatic heterocycles. The number of benzene rings is 4. The number of rotatable bonds is 11. The molecule has 0 radical (unpaired) electrons. The summed E-state index contributed by atoms with van der Waals surface area (Å²) in [6.45, 7) is 7.90. The van der Waals surface area contributed by atoms with Crippen LogP contribution in [0.15, 0.2) is 116 Å². The highest BCUT2D eigenvalue weighted by Crippen LogP contribution is 2.42. The van der Waals surface area contributed by atoms with Crippen molar-refractivity contribution in [2.24, 2.45) is 5.92 Å². The van der Waals surface area contributed by atoms with Gasteiger partial charge in [-0.2, -0.15) is 0 Å². The second kappa shape index (κ2) is 14.8. The van der Waals surface area contributed by atoms with Gasteiger partial charge in [0, 0.05) is 31.1 Å². The zero-order valence-electron chi connectivity index (χ0n) is 26.8. The number of nitrogens with one attached hydrogen (secondary N) is 1. The Labute approximate surface area is 275 Å². The molecule has 0 spiro atoms. The maximum absolute atomic E-state index is 12.9. The number of carbonyl (C=O) groups excluding carboxylic acids is 1. The van der Waals surface area contributed by atoms with Gasteiger partial charge in [0.05, 0.1) is 36.0 Å². The van der Waals surface area contributed by atoms with E-state index in [-0.39, 0.29) is 36.3 Å². The Kier molecular flexibility index (Phi) is 10.1. The van der Waals surface area contributed by atoms with Crippen molar-refractivity contribution in [3.05, 3.63) is 144 Å². The molecule has 0 saturated carbocycles. The highest BCUT2D eigenvalue weighted by Gasteiger charge is 2.38. The van der Waals surface area contributed by atoms with Crippen molar-refractivity contribution < 1.29 is 19.4 Å². The minimum absolute atomic E-state index is 0.00155. The van der Waals surface area contributed by atoms with Crippen LogP contribution in [-0.2, 0) is 22.6 Å². The van der Waals surface area contributed by atoms with E-state index in [0.29, 0.717) is 12.1 Å². The van der Waals surface area contributed by atoms with E-state index in [4.69, 9.17) is 9.47 Å². The van der Waals surface area contributed by atoms with Gasteiger partial charge in [0.15, 0.2) is 6.29 Å². The number of nitrogens with zero attached hydrogens (tertiary/aromatic N) is 3. The Balaban J connectivity index is 1.20. The molecule has 240 valence electrons. The summed E-state index contributed by atoms with van der Waals surface area (Å²) in [6, 6.07) is 31.8. The minimum Gasteiger partial charge on any atom is -0.392 e. The summed E-state index contributed by atoms with van der Waals surface area (Å²) in [6.07, 6.45) is 2.57. The summed E-state index contributed by atoms with van der Waals surface area (Å²) >= 11 is 0. The predicted molar refractivity (Wildman–Crippen MR) is 183 cm³/mol. The fourth-order valence-corrected chi connectivity index (χ4v) is 6.00. The molecule has 4 aromatic carbocycles. The largest absolute Gasteiger partial charge is 0.392 e. The highest BCUT2D eigenvalue weighted by atomic mass is 16.7. The Morgan fingerprint density at radius 2 is 1.66 bits per heavy atom. The number of ether oxygens (including phenoxy) is 2. The van der Waals surface area contributed by atoms with Gasteiger partial charge >= 0.3 is 0 Å². The van der Waals surface area contributed by atoms with Crippen LogP contribution in [0.2, 0.25) is 0 Å². The van der Waals surface area contributed by atoms with Crippen LogP contribution in [0.5, 0.6) is 0 Å². The quantitative estimate of drug-likeness (QED) is 0.159. The molecule has 47 heavy (non-hydrogen) atoms. The van der Waals surface area contributed by atoms with Crippen molar-refractivity contribution in [2.75, 3.05) is 20.1 Å². The number of para-hydroxylation sites is 2. The SMILES string of the molecule is C=CCN(C)C[C@H]1O[C@@H](c2cccc(-c3cccc(CNC(=O)c4cnc5ccccc5n4)c3)c2)O[C@@H](c2ccc(CO)cc2)[C@H]1C. The Hall–Kier alpha value is -4.73. The zero-order chi connectivity index (χ0) is 32.8. The number of amides is 1. The summed E-state index contributed by atoms with van der Waals surface area (Å²) in [4.78, 5) is 23.9. The molecule has 1 aromatic heterocycles. The van der Waals surface area contributed by atoms with Gasteiger partial charge in [-0.1, -0.05) is 85.8 Å². The summed E-state index contributed by atoms with van der Waals surface area (Å²) in [5.74, 6) is -0.181. The lowest BCUT2D eigenvalue weighted by molar-refractivity contribution is -0.275. The Bertz CT molecular complexity index is 1840. The summed E-state index contributed by atoms with van der Waals surface area (Å²) in [7, 11) is 2.07. The number of aliphatic hydroxyl groups is 1. The number of fused-ring (bicyclic) bond motifs is 1. The second-order valence-electron chi connectivity index (χ2n) is 12.1. The first-order valence-corrected chi connectivity index (χ1v) is 15.9. The molecule has 0 aliphatic carbocycles. The van der Waals surface area contributed by atoms with Crippen LogP contribution in [0.4, 0.5) is 0 Å². The normalized spacial score (nSPS) is 19.5. The summed E-state index contributed by atoms with van der Waals surface area (Å²) in [5.41, 5.74) is 7.57. The highest BCUT2D eigenvalue weighted by molar-refractivity contribution is 5.93. The van der Waals surface area contributed by atoms with Crippen molar-refractivity contribution >= 4 is 16.9 Å². The first-order chi connectivity index (χ1) is 22.9. The monoisotopic (exact) mass is 628 g/mol. The standard InChI is InChI=1S/C39H40N4O4/c1-4-19-43(3)24-36-26(2)37(29-17-15-27(25-44)16-18-29)47-39(46-36)32-12-8-11-31(21-32)30-10-7-9-28(20-30)22-41-38(45)35-23-40-33-13-5-6-14-34(33)42-35/h4-18,20-21,23,26,36-37,39,44H,1,19,22,24-25H2,2-3H3,(H,41,45)/t26-,36+,37+,39+/m0/s1. The molecular formula is C39H40N4O4. The van der Waals surface area contributed by atoms with Crippen LogP contribution in [0.25, 0.3) is 22.2 Å². The van der Waals surface area contributed by atoms with E-state index in [1.54, 1.807) is 0 Å². The van der Waals surface area contributed by atoms with Crippen LogP contribution in [0, 0.1) is 5.92 Å². The van der Waals surface area contributed by atoms with E-state index < -0.39 is 6.29 Å². The smallest absolute Gasteiger partial charge is 0.271 e. The van der Waals surface area contributed by atoms with Gasteiger partial charge in [0.1, 0.15) is 5.69 Å². The van der Waals surface area contributed by atoms with E-state index in [1.807, 2.05) is 78.9 Å². The van der Waals surface area contributed by atoms with Crippen molar-refractivity contribution in [3.63, 3.8) is 0 Å². The maximum Gasteiger partial charge on any atom is 0.271 e. The van der Waals surface area contributed by atoms with Gasteiger partial charge in [-0.25, -0.2) is 4.98 Å². The van der Waals surface area contributed by atoms with Gasteiger partial charge in [-0.3, -0.25) is 9.78 Å². The van der Waals surface area contributed by atoms with Gasteiger partial charge < -0.3 is 24.8 Å². The lowest BCUT2D eigenvalue weighted by Gasteiger charge is -2.42. The molecule has 1 fully saturated rings. The maximum atomic E-state index is 12.9. The van der Waals surface area contributed by atoms with Gasteiger partial charge in [0.2, 0.25) is 0 Å². The van der Waals surface area contributed by atoms with E-state index >= 15 is 0 Å². The number of carbonyl (C=O) groups is 1. The molecule has 8 heteroatoms. The molecule has 0 bridgehead atoms. The van der Waals surface area contributed by atoms with Crippen molar-refractivity contribution in [2.45, 2.75) is 38.6 Å². The molecule has 8 nitrogen and oxygen atoms in total. The molecule has 1 saturated heterocycles. The van der Waals surface area contributed by atoms with Crippen LogP contribution in [0.1, 0.15) is 52.1 Å². The third-order valence-electron chi connectivity index (χ3n) is 8.61. The van der Waals surface area contributed by atoms with Gasteiger partial charge in [0.25, 0.3) is 5.91 Å². The molecule has 6 rings (SSSR count). The molecule has 2 N–H and O–H groups in total. The molecule has 1 aliphatic rings. The van der Waals surface area contributed by atoms with Crippen LogP contribution < -0.4 is 5.32 Å². The molecule has 1 amide bonds. The number of aromatic nitrogens is 2. The first-order valence-electron chi connectivity index (χ1n) is 15.9. The van der Waals surface area contributed by atoms with E-state index in [0.717, 1.165) is 52.0 Å². The van der Waals surface area contributed by atoms with Crippen LogP contribution in [0.3, 0.4) is 0 Å². The molecule has 5 aromatic rings. The number of aliphatic hydroxyl groups excluding tert-OH is 1. The predicted octanol–water partition coefficient (Wildman–Crippen LogP) is 6.63. The van der Waals surface area contributed by atoms with E-state index in [9.17, 15) is 9.90 Å². The molecule has 4 atom stereocenters. The fraction of sp³-hybridized carbons (Fsp3) is 0.256. The van der Waals surface area contributed by atoms with Crippen LogP contribution in [-0.4, -0.2) is 52.1 Å². The minimum atomic E-state index is -0.568. The van der Waals surface area contributed by atoms with E-state index in [1.165, 1.54) is 6.20 Å². The Morgan fingerprint density at radius 1 is 0.915 bits per heavy atom. The lowest BCUT2D eigenvalue weighted by Crippen LogP contribution is -2.43. The van der Waals surface area contributed by atoms with Crippen molar-refractivity contribution in [1.29, 1.82) is 0 Å². The number of likely N-dealkylation sites (N-methyl/N-ethyl adjacent to an activating group) is 1. The summed E-state index contributed by atoms with van der Waals surface area (Å²) in [5, 5.41) is 12.5. The third-order valence-corrected chi connectivity index (χ3v) is 8.61. The first kappa shape index (κ1) is 32.2. The average Bonchev–Trinajstić information content (AvgIpc) is 3.11. The molecular weight excluding hydrogens is 588 g/mol. The fourth-order valence-electron chi connectivity index (χ4n) is 6.00. The lowest BCUT2D eigenvalue weighted by atomic mass is 9.90. The zero-order valence-corrected chi connectivity index (χ0v) is 26.8. The summed E-state index contributed by atoms with van der Waals surface area (Å²) < 4.78 is 13.3. The number of hydrogen-bond acceptors (Lipinski definition) is 7. The Morgan fingerprint density at radius 3 is 2.43 bits per heavy atom. The van der Waals surface area contributed by atoms with Crippen LogP contribution >= 0.6 is 0 Å². The molecule has 2 heterocycles. The second-order valence-corrected chi connectivity index (χ2v) is 12.1. The van der Waals surface area contributed by atoms with Gasteiger partial charge in [-0.15, -0.1) is 6.58 Å². The topological polar surface area (TPSA) is 96.8 Å². The van der Waals surface area contributed by atoms with Crippen molar-refractivity contribution in [3.8, 4) is 11.1 Å². The third kappa shape index (κ3) is 7.64.